The van der Waals surface area contributed by atoms with Gasteiger partial charge in [-0.05, 0) is 85.5 Å². The highest BCUT2D eigenvalue weighted by Gasteiger charge is 2.28. The van der Waals surface area contributed by atoms with Crippen molar-refractivity contribution in [3.05, 3.63) is 95.3 Å². The molecular weight excluding hydrogens is 495 g/mol. The van der Waals surface area contributed by atoms with Crippen molar-refractivity contribution in [1.82, 2.24) is 10.6 Å². The van der Waals surface area contributed by atoms with Gasteiger partial charge in [0.05, 0.1) is 0 Å². The Hall–Kier alpha value is -4.00. The summed E-state index contributed by atoms with van der Waals surface area (Å²) in [7, 11) is 0. The molecule has 0 aromatic heterocycles. The zero-order valence-electron chi connectivity index (χ0n) is 23.0. The van der Waals surface area contributed by atoms with E-state index in [1.165, 1.54) is 17.7 Å². The highest BCUT2D eigenvalue weighted by Crippen LogP contribution is 2.22. The van der Waals surface area contributed by atoms with Crippen molar-refractivity contribution in [2.24, 2.45) is 5.92 Å². The normalized spacial score (nSPS) is 12.2. The predicted molar refractivity (Wildman–Crippen MR) is 151 cm³/mol. The lowest BCUT2D eigenvalue weighted by Crippen LogP contribution is -2.54. The van der Waals surface area contributed by atoms with E-state index in [4.69, 9.17) is 5.11 Å². The van der Waals surface area contributed by atoms with E-state index in [1.54, 1.807) is 24.3 Å². The molecule has 3 rings (SSSR count). The molecule has 206 valence electrons. The number of aliphatic carboxylic acids is 1. The van der Waals surface area contributed by atoms with E-state index in [1.807, 2.05) is 26.0 Å². The first-order chi connectivity index (χ1) is 18.4. The molecule has 0 spiro atoms. The zero-order valence-corrected chi connectivity index (χ0v) is 23.0. The highest BCUT2D eigenvalue weighted by atomic mass is 19.1. The van der Waals surface area contributed by atoms with Crippen LogP contribution >= 0.6 is 0 Å². The average molecular weight is 533 g/mol. The molecule has 2 amide bonds. The van der Waals surface area contributed by atoms with Crippen LogP contribution in [0.1, 0.15) is 62.0 Å². The van der Waals surface area contributed by atoms with Crippen LogP contribution in [0.4, 0.5) is 4.39 Å². The maximum atomic E-state index is 13.2. The van der Waals surface area contributed by atoms with Crippen molar-refractivity contribution >= 4 is 17.8 Å². The third-order valence-corrected chi connectivity index (χ3v) is 6.37. The maximum Gasteiger partial charge on any atom is 0.303 e. The average Bonchev–Trinajstić information content (AvgIpc) is 2.87. The van der Waals surface area contributed by atoms with Crippen molar-refractivity contribution in [1.29, 1.82) is 0 Å². The summed E-state index contributed by atoms with van der Waals surface area (Å²) >= 11 is 0. The van der Waals surface area contributed by atoms with Crippen LogP contribution in [0, 0.1) is 11.7 Å². The van der Waals surface area contributed by atoms with Crippen LogP contribution < -0.4 is 10.6 Å². The van der Waals surface area contributed by atoms with Gasteiger partial charge in [0, 0.05) is 17.5 Å². The fourth-order valence-electron chi connectivity index (χ4n) is 4.47. The van der Waals surface area contributed by atoms with Gasteiger partial charge in [-0.3, -0.25) is 14.4 Å². The number of hydrogen-bond donors (Lipinski definition) is 3. The van der Waals surface area contributed by atoms with E-state index in [0.717, 1.165) is 23.1 Å². The molecule has 0 heterocycles. The molecule has 0 unspecified atom stereocenters. The van der Waals surface area contributed by atoms with E-state index < -0.39 is 29.4 Å². The lowest BCUT2D eigenvalue weighted by Gasteiger charge is -2.29. The SMILES string of the molecule is CC(C)Cc1ccc(-c2ccc(C(=O)N[C@@H](CCC(=O)O)C(=O)NC(C)(C)Cc3ccc(F)cc3)cc2)cc1. The largest absolute Gasteiger partial charge is 0.481 e. The zero-order chi connectivity index (χ0) is 28.6. The van der Waals surface area contributed by atoms with Crippen molar-refractivity contribution in [2.45, 2.75) is 65.0 Å². The van der Waals surface area contributed by atoms with Gasteiger partial charge in [-0.2, -0.15) is 0 Å². The third kappa shape index (κ3) is 9.36. The number of benzene rings is 3. The fraction of sp³-hybridized carbons (Fsp3) is 0.344. The van der Waals surface area contributed by atoms with Gasteiger partial charge in [0.2, 0.25) is 5.91 Å². The second kappa shape index (κ2) is 13.2. The van der Waals surface area contributed by atoms with Gasteiger partial charge < -0.3 is 15.7 Å². The summed E-state index contributed by atoms with van der Waals surface area (Å²) in [4.78, 5) is 37.4. The Morgan fingerprint density at radius 2 is 1.38 bits per heavy atom. The number of carbonyl (C=O) groups is 3. The molecular formula is C32H37FN2O4. The van der Waals surface area contributed by atoms with Crippen LogP contribution in [0.15, 0.2) is 72.8 Å². The summed E-state index contributed by atoms with van der Waals surface area (Å²) < 4.78 is 13.2. The van der Waals surface area contributed by atoms with Crippen LogP contribution in [-0.2, 0) is 22.4 Å². The van der Waals surface area contributed by atoms with Crippen LogP contribution in [0.3, 0.4) is 0 Å². The molecule has 0 aliphatic carbocycles. The highest BCUT2D eigenvalue weighted by molar-refractivity contribution is 5.98. The van der Waals surface area contributed by atoms with Crippen LogP contribution in [0.25, 0.3) is 11.1 Å². The molecule has 0 saturated heterocycles. The first-order valence-electron chi connectivity index (χ1n) is 13.2. The summed E-state index contributed by atoms with van der Waals surface area (Å²) in [6.07, 6.45) is 1.11. The van der Waals surface area contributed by atoms with Gasteiger partial charge in [-0.15, -0.1) is 0 Å². The van der Waals surface area contributed by atoms with Crippen LogP contribution in [-0.4, -0.2) is 34.5 Å². The Kier molecular flexibility index (Phi) is 9.99. The van der Waals surface area contributed by atoms with Crippen molar-refractivity contribution in [3.63, 3.8) is 0 Å². The van der Waals surface area contributed by atoms with E-state index in [0.29, 0.717) is 17.9 Å². The molecule has 3 N–H and O–H groups in total. The molecule has 0 bridgehead atoms. The Labute approximate surface area is 229 Å². The minimum Gasteiger partial charge on any atom is -0.481 e. The minimum absolute atomic E-state index is 0.0552. The fourth-order valence-corrected chi connectivity index (χ4v) is 4.47. The standard InChI is InChI=1S/C32H37FN2O4/c1-21(2)19-22-5-9-24(10-6-22)25-11-13-26(14-12-25)30(38)34-28(17-18-29(36)37)31(39)35-32(3,4)20-23-7-15-27(33)16-8-23/h5-16,21,28H,17-20H2,1-4H3,(H,34,38)(H,35,39)(H,36,37)/t28-/m0/s1. The third-order valence-electron chi connectivity index (χ3n) is 6.37. The van der Waals surface area contributed by atoms with Crippen molar-refractivity contribution in [2.75, 3.05) is 0 Å². The first kappa shape index (κ1) is 29.6. The quantitative estimate of drug-likeness (QED) is 0.275. The first-order valence-corrected chi connectivity index (χ1v) is 13.2. The number of rotatable bonds is 12. The molecule has 3 aromatic carbocycles. The molecule has 3 aromatic rings. The number of carboxylic acids is 1. The smallest absolute Gasteiger partial charge is 0.303 e. The number of hydrogen-bond acceptors (Lipinski definition) is 3. The Balaban J connectivity index is 1.67. The molecule has 0 radical (unpaired) electrons. The molecule has 0 aliphatic rings. The lowest BCUT2D eigenvalue weighted by molar-refractivity contribution is -0.137. The number of nitrogens with one attached hydrogen (secondary N) is 2. The van der Waals surface area contributed by atoms with Gasteiger partial charge in [0.1, 0.15) is 11.9 Å². The molecule has 0 aliphatic heterocycles. The Morgan fingerprint density at radius 3 is 1.92 bits per heavy atom. The van der Waals surface area contributed by atoms with E-state index in [9.17, 15) is 18.8 Å². The maximum absolute atomic E-state index is 13.2. The van der Waals surface area contributed by atoms with Crippen LogP contribution in [0.2, 0.25) is 0 Å². The molecule has 39 heavy (non-hydrogen) atoms. The topological polar surface area (TPSA) is 95.5 Å². The van der Waals surface area contributed by atoms with Gasteiger partial charge >= 0.3 is 5.97 Å². The van der Waals surface area contributed by atoms with E-state index in [-0.39, 0.29) is 18.7 Å². The minimum atomic E-state index is -1.06. The molecule has 0 fully saturated rings. The van der Waals surface area contributed by atoms with Gasteiger partial charge in [0.15, 0.2) is 0 Å². The lowest BCUT2D eigenvalue weighted by atomic mass is 9.94. The van der Waals surface area contributed by atoms with Crippen LogP contribution in [0.5, 0.6) is 0 Å². The molecule has 6 nitrogen and oxygen atoms in total. The summed E-state index contributed by atoms with van der Waals surface area (Å²) in [5, 5.41) is 14.8. The Morgan fingerprint density at radius 1 is 0.846 bits per heavy atom. The van der Waals surface area contributed by atoms with Gasteiger partial charge in [0.25, 0.3) is 5.91 Å². The second-order valence-corrected chi connectivity index (χ2v) is 11.0. The second-order valence-electron chi connectivity index (χ2n) is 11.0. The van der Waals surface area contributed by atoms with Crippen molar-refractivity contribution < 1.29 is 23.9 Å². The molecule has 7 heteroatoms. The summed E-state index contributed by atoms with van der Waals surface area (Å²) in [6.45, 7) is 8.00. The number of halogens is 1. The summed E-state index contributed by atoms with van der Waals surface area (Å²) in [6, 6.07) is 20.4. The molecule has 0 saturated carbocycles. The summed E-state index contributed by atoms with van der Waals surface area (Å²) in [5.41, 5.74) is 3.77. The van der Waals surface area contributed by atoms with E-state index in [2.05, 4.69) is 48.7 Å². The predicted octanol–water partition coefficient (Wildman–Crippen LogP) is 5.79. The Bertz CT molecular complexity index is 1270. The molecule has 1 atom stereocenters. The van der Waals surface area contributed by atoms with Crippen molar-refractivity contribution in [3.8, 4) is 11.1 Å². The monoisotopic (exact) mass is 532 g/mol. The van der Waals surface area contributed by atoms with E-state index >= 15 is 0 Å². The summed E-state index contributed by atoms with van der Waals surface area (Å²) in [5.74, 6) is -1.76. The van der Waals surface area contributed by atoms with Gasteiger partial charge in [-0.25, -0.2) is 4.39 Å². The van der Waals surface area contributed by atoms with Gasteiger partial charge in [-0.1, -0.05) is 62.4 Å². The number of carboxylic acid groups (broad SMARTS) is 1. The number of amides is 2. The number of carbonyl (C=O) groups excluding carboxylic acids is 2.